The van der Waals surface area contributed by atoms with E-state index in [0.717, 1.165) is 45.1 Å². The fraction of sp³-hybridized carbons (Fsp3) is 0.647. The Bertz CT molecular complexity index is 514. The molecule has 1 aromatic heterocycles. The topological polar surface area (TPSA) is 35.5 Å². The van der Waals surface area contributed by atoms with Gasteiger partial charge in [-0.15, -0.1) is 0 Å². The molecule has 22 heavy (non-hydrogen) atoms. The molecule has 5 heteroatoms. The van der Waals surface area contributed by atoms with E-state index in [1.807, 2.05) is 6.20 Å². The Hall–Kier alpha value is -1.62. The van der Waals surface area contributed by atoms with Crippen LogP contribution in [0.25, 0.3) is 0 Å². The van der Waals surface area contributed by atoms with Gasteiger partial charge in [-0.25, -0.2) is 9.97 Å². The van der Waals surface area contributed by atoms with E-state index in [1.54, 1.807) is 6.33 Å². The summed E-state index contributed by atoms with van der Waals surface area (Å²) in [4.78, 5) is 15.8. The summed E-state index contributed by atoms with van der Waals surface area (Å²) in [6.07, 6.45) is 5.90. The highest BCUT2D eigenvalue weighted by Crippen LogP contribution is 2.29. The van der Waals surface area contributed by atoms with E-state index in [0.29, 0.717) is 5.92 Å². The monoisotopic (exact) mass is 301 g/mol. The van der Waals surface area contributed by atoms with Crippen LogP contribution < -0.4 is 4.90 Å². The molecule has 0 spiro atoms. The standard InChI is InChI=1S/C17H27N5/c1-14-12-18-13-19-17(14)22-6-4-16(5-7-22)15(2)21-10-8-20(3)9-11-21/h12-13,16H,2,4-11H2,1,3H3. The highest BCUT2D eigenvalue weighted by Gasteiger charge is 2.26. The second kappa shape index (κ2) is 6.65. The minimum absolute atomic E-state index is 0.627. The van der Waals surface area contributed by atoms with Gasteiger partial charge in [0, 0.05) is 62.6 Å². The zero-order valence-corrected chi connectivity index (χ0v) is 13.8. The van der Waals surface area contributed by atoms with Crippen LogP contribution in [0.4, 0.5) is 5.82 Å². The third-order valence-electron chi connectivity index (χ3n) is 5.04. The SMILES string of the molecule is C=C(C1CCN(c2ncncc2C)CC1)N1CCN(C)CC1. The molecule has 2 aliphatic heterocycles. The lowest BCUT2D eigenvalue weighted by Gasteiger charge is -2.41. The van der Waals surface area contributed by atoms with E-state index in [1.165, 1.54) is 24.1 Å². The average molecular weight is 301 g/mol. The number of likely N-dealkylation sites (N-methyl/N-ethyl adjacent to an activating group) is 1. The van der Waals surface area contributed by atoms with Crippen molar-refractivity contribution in [3.8, 4) is 0 Å². The van der Waals surface area contributed by atoms with Crippen molar-refractivity contribution in [3.63, 3.8) is 0 Å². The van der Waals surface area contributed by atoms with Crippen LogP contribution in [0.2, 0.25) is 0 Å². The predicted molar refractivity (Wildman–Crippen MR) is 89.9 cm³/mol. The maximum atomic E-state index is 4.45. The third-order valence-corrected chi connectivity index (χ3v) is 5.04. The minimum Gasteiger partial charge on any atom is -0.372 e. The molecule has 0 atom stereocenters. The first-order valence-electron chi connectivity index (χ1n) is 8.29. The molecule has 0 amide bonds. The van der Waals surface area contributed by atoms with Crippen LogP contribution >= 0.6 is 0 Å². The molecule has 2 aliphatic rings. The number of anilines is 1. The summed E-state index contributed by atoms with van der Waals surface area (Å²) in [6.45, 7) is 13.2. The smallest absolute Gasteiger partial charge is 0.134 e. The van der Waals surface area contributed by atoms with E-state index in [-0.39, 0.29) is 0 Å². The maximum Gasteiger partial charge on any atom is 0.134 e. The Labute approximate surface area is 133 Å². The summed E-state index contributed by atoms with van der Waals surface area (Å²) in [5.74, 6) is 1.72. The van der Waals surface area contributed by atoms with Crippen molar-refractivity contribution in [1.82, 2.24) is 19.8 Å². The molecule has 0 radical (unpaired) electrons. The number of hydrogen-bond donors (Lipinski definition) is 0. The van der Waals surface area contributed by atoms with Gasteiger partial charge in [0.25, 0.3) is 0 Å². The number of rotatable bonds is 3. The number of piperazine rings is 1. The Morgan fingerprint density at radius 1 is 1.14 bits per heavy atom. The van der Waals surface area contributed by atoms with Gasteiger partial charge in [-0.3, -0.25) is 0 Å². The molecule has 0 bridgehead atoms. The van der Waals surface area contributed by atoms with Crippen LogP contribution in [0.3, 0.4) is 0 Å². The molecule has 0 N–H and O–H groups in total. The number of aryl methyl sites for hydroxylation is 1. The molecule has 0 aromatic carbocycles. The van der Waals surface area contributed by atoms with Gasteiger partial charge in [-0.05, 0) is 26.8 Å². The fourth-order valence-electron chi connectivity index (χ4n) is 3.50. The van der Waals surface area contributed by atoms with Gasteiger partial charge >= 0.3 is 0 Å². The van der Waals surface area contributed by atoms with Crippen LogP contribution in [-0.4, -0.2) is 66.1 Å². The molecule has 2 fully saturated rings. The lowest BCUT2D eigenvalue weighted by molar-refractivity contribution is 0.168. The van der Waals surface area contributed by atoms with Crippen LogP contribution in [0.15, 0.2) is 24.8 Å². The van der Waals surface area contributed by atoms with Crippen molar-refractivity contribution >= 4 is 5.82 Å². The number of aromatic nitrogens is 2. The van der Waals surface area contributed by atoms with Crippen LogP contribution in [0.5, 0.6) is 0 Å². The minimum atomic E-state index is 0.627. The van der Waals surface area contributed by atoms with Crippen molar-refractivity contribution in [3.05, 3.63) is 30.4 Å². The van der Waals surface area contributed by atoms with Crippen molar-refractivity contribution in [1.29, 1.82) is 0 Å². The number of piperidine rings is 1. The first kappa shape index (κ1) is 15.3. The summed E-state index contributed by atoms with van der Waals surface area (Å²) < 4.78 is 0. The zero-order valence-electron chi connectivity index (χ0n) is 13.8. The molecule has 0 aliphatic carbocycles. The summed E-state index contributed by atoms with van der Waals surface area (Å²) in [5.41, 5.74) is 2.52. The molecule has 3 heterocycles. The molecule has 3 rings (SSSR count). The van der Waals surface area contributed by atoms with E-state index in [2.05, 4.69) is 45.2 Å². The summed E-state index contributed by atoms with van der Waals surface area (Å²) >= 11 is 0. The molecule has 120 valence electrons. The Kier molecular flexibility index (Phi) is 4.62. The number of allylic oxidation sites excluding steroid dienone is 1. The van der Waals surface area contributed by atoms with Crippen molar-refractivity contribution in [2.45, 2.75) is 19.8 Å². The quantitative estimate of drug-likeness (QED) is 0.850. The van der Waals surface area contributed by atoms with E-state index in [4.69, 9.17) is 0 Å². The average Bonchev–Trinajstić information content (AvgIpc) is 2.56. The van der Waals surface area contributed by atoms with Gasteiger partial charge < -0.3 is 14.7 Å². The predicted octanol–water partition coefficient (Wildman–Crippen LogP) is 1.76. The molecular weight excluding hydrogens is 274 g/mol. The molecule has 2 saturated heterocycles. The Morgan fingerprint density at radius 3 is 2.45 bits per heavy atom. The van der Waals surface area contributed by atoms with Gasteiger partial charge in [0.1, 0.15) is 12.1 Å². The largest absolute Gasteiger partial charge is 0.372 e. The zero-order chi connectivity index (χ0) is 15.5. The van der Waals surface area contributed by atoms with Gasteiger partial charge in [0.05, 0.1) is 0 Å². The van der Waals surface area contributed by atoms with Gasteiger partial charge in [0.15, 0.2) is 0 Å². The Balaban J connectivity index is 1.55. The Morgan fingerprint density at radius 2 is 1.82 bits per heavy atom. The van der Waals surface area contributed by atoms with Crippen molar-refractivity contribution < 1.29 is 0 Å². The van der Waals surface area contributed by atoms with Gasteiger partial charge in [-0.2, -0.15) is 0 Å². The molecule has 0 saturated carbocycles. The van der Waals surface area contributed by atoms with Crippen LogP contribution in [0.1, 0.15) is 18.4 Å². The molecule has 5 nitrogen and oxygen atoms in total. The molecule has 1 aromatic rings. The highest BCUT2D eigenvalue weighted by molar-refractivity contribution is 5.44. The van der Waals surface area contributed by atoms with Gasteiger partial charge in [0.2, 0.25) is 0 Å². The molecular formula is C17H27N5. The molecule has 0 unspecified atom stereocenters. The van der Waals surface area contributed by atoms with Gasteiger partial charge in [-0.1, -0.05) is 6.58 Å². The van der Waals surface area contributed by atoms with E-state index >= 15 is 0 Å². The van der Waals surface area contributed by atoms with E-state index in [9.17, 15) is 0 Å². The second-order valence-electron chi connectivity index (χ2n) is 6.57. The van der Waals surface area contributed by atoms with Crippen molar-refractivity contribution in [2.24, 2.45) is 5.92 Å². The first-order valence-corrected chi connectivity index (χ1v) is 8.29. The number of nitrogens with zero attached hydrogens (tertiary/aromatic N) is 5. The summed E-state index contributed by atoms with van der Waals surface area (Å²) in [5, 5.41) is 0. The third kappa shape index (κ3) is 3.24. The first-order chi connectivity index (χ1) is 10.6. The second-order valence-corrected chi connectivity index (χ2v) is 6.57. The van der Waals surface area contributed by atoms with E-state index < -0.39 is 0 Å². The normalized spacial score (nSPS) is 21.2. The summed E-state index contributed by atoms with van der Waals surface area (Å²) in [7, 11) is 2.20. The lowest BCUT2D eigenvalue weighted by atomic mass is 9.92. The van der Waals surface area contributed by atoms with Crippen molar-refractivity contribution in [2.75, 3.05) is 51.2 Å². The number of hydrogen-bond acceptors (Lipinski definition) is 5. The van der Waals surface area contributed by atoms with Crippen LogP contribution in [-0.2, 0) is 0 Å². The van der Waals surface area contributed by atoms with Crippen LogP contribution in [0, 0.1) is 12.8 Å². The summed E-state index contributed by atoms with van der Waals surface area (Å²) in [6, 6.07) is 0. The highest BCUT2D eigenvalue weighted by atomic mass is 15.3. The maximum absolute atomic E-state index is 4.45. The fourth-order valence-corrected chi connectivity index (χ4v) is 3.50. The lowest BCUT2D eigenvalue weighted by Crippen LogP contribution is -2.46.